The molecular formula is C48H45N7O8. The zero-order valence-electron chi connectivity index (χ0n) is 35.5. The summed E-state index contributed by atoms with van der Waals surface area (Å²) in [4.78, 5) is 58.2. The number of nitrogens with one attached hydrogen (secondary N) is 3. The molecular weight excluding hydrogens is 803 g/mol. The van der Waals surface area contributed by atoms with E-state index in [0.29, 0.717) is 56.3 Å². The van der Waals surface area contributed by atoms with Gasteiger partial charge in [0.1, 0.15) is 17.0 Å². The Morgan fingerprint density at radius 1 is 0.587 bits per heavy atom. The molecule has 0 aliphatic rings. The molecule has 15 nitrogen and oxygen atoms in total. The summed E-state index contributed by atoms with van der Waals surface area (Å²) >= 11 is 0. The fourth-order valence-corrected chi connectivity index (χ4v) is 6.43. The summed E-state index contributed by atoms with van der Waals surface area (Å²) in [5, 5.41) is 22.0. The first-order chi connectivity index (χ1) is 30.3. The van der Waals surface area contributed by atoms with E-state index in [2.05, 4.69) is 26.7 Å². The minimum atomic E-state index is -0.559. The van der Waals surface area contributed by atoms with Crippen LogP contribution in [-0.2, 0) is 22.6 Å². The monoisotopic (exact) mass is 847 g/mol. The number of nitriles is 1. The molecule has 0 saturated carbocycles. The van der Waals surface area contributed by atoms with Crippen LogP contribution in [0, 0.1) is 30.6 Å². The van der Waals surface area contributed by atoms with Crippen molar-refractivity contribution in [2.75, 3.05) is 28.4 Å². The Morgan fingerprint density at radius 2 is 0.921 bits per heavy atom. The van der Waals surface area contributed by atoms with Gasteiger partial charge in [-0.1, -0.05) is 60.7 Å². The zero-order chi connectivity index (χ0) is 45.6. The van der Waals surface area contributed by atoms with Crippen LogP contribution in [0.4, 0.5) is 0 Å². The molecule has 2 heterocycles. The molecule has 0 aliphatic carbocycles. The van der Waals surface area contributed by atoms with Gasteiger partial charge in [0.2, 0.25) is 0 Å². The number of hydrogen-bond acceptors (Lipinski definition) is 12. The van der Waals surface area contributed by atoms with Crippen molar-refractivity contribution in [2.45, 2.75) is 26.9 Å². The van der Waals surface area contributed by atoms with Crippen molar-refractivity contribution in [3.05, 3.63) is 165 Å². The van der Waals surface area contributed by atoms with E-state index in [-0.39, 0.29) is 41.9 Å². The molecule has 15 heteroatoms. The second-order valence-electron chi connectivity index (χ2n) is 13.7. The van der Waals surface area contributed by atoms with Crippen molar-refractivity contribution in [2.24, 2.45) is 5.73 Å². The Balaban J connectivity index is 0.000000238. The molecule has 0 fully saturated rings. The Hall–Kier alpha value is -8.38. The number of carbonyl (C=O) groups excluding carboxylic acids is 4. The van der Waals surface area contributed by atoms with Gasteiger partial charge in [-0.15, -0.1) is 0 Å². The number of amidine groups is 1. The van der Waals surface area contributed by atoms with Gasteiger partial charge in [0.05, 0.1) is 51.5 Å². The highest BCUT2D eigenvalue weighted by Crippen LogP contribution is 2.28. The molecule has 6 rings (SSSR count). The summed E-state index contributed by atoms with van der Waals surface area (Å²) < 4.78 is 20.3. The topological polar surface area (TPSA) is 229 Å². The molecule has 0 aliphatic heterocycles. The number of methoxy groups -OCH3 is 4. The second kappa shape index (κ2) is 21.2. The smallest absolute Gasteiger partial charge is 0.342 e. The lowest BCUT2D eigenvalue weighted by atomic mass is 10.0. The number of rotatable bonds is 13. The molecule has 5 N–H and O–H groups in total. The molecule has 320 valence electrons. The van der Waals surface area contributed by atoms with E-state index in [1.807, 2.05) is 48.5 Å². The Bertz CT molecular complexity index is 2680. The van der Waals surface area contributed by atoms with Gasteiger partial charge in [-0.05, 0) is 72.5 Å². The van der Waals surface area contributed by atoms with E-state index in [9.17, 15) is 19.2 Å². The number of pyridine rings is 2. The molecule has 0 unspecified atom stereocenters. The van der Waals surface area contributed by atoms with Gasteiger partial charge >= 0.3 is 11.9 Å². The predicted octanol–water partition coefficient (Wildman–Crippen LogP) is 6.72. The van der Waals surface area contributed by atoms with Crippen molar-refractivity contribution in [1.29, 1.82) is 10.7 Å². The van der Waals surface area contributed by atoms with Crippen LogP contribution in [-0.4, -0.2) is 68.0 Å². The molecule has 0 bridgehead atoms. The SMILES string of the molecule is COC(=O)c1c(CNC(=O)c2ccc(-c3ccc(C#N)cc3)cc2)cnc(C)c1OC.COC(=O)c1c(CNC(=O)c2ccc(-c3ccc(C(=N)N)cc3)cc2)cnc(C)c1OC. The fraction of sp³-hybridized carbons (Fsp3) is 0.167. The van der Waals surface area contributed by atoms with E-state index in [0.717, 1.165) is 22.3 Å². The van der Waals surface area contributed by atoms with Crippen molar-refractivity contribution < 1.29 is 38.1 Å². The van der Waals surface area contributed by atoms with Gasteiger partial charge < -0.3 is 35.3 Å². The summed E-state index contributed by atoms with van der Waals surface area (Å²) in [5.41, 5.74) is 14.0. The molecule has 0 radical (unpaired) electrons. The quantitative estimate of drug-likeness (QED) is 0.0540. The third-order valence-electron chi connectivity index (χ3n) is 9.82. The number of esters is 2. The van der Waals surface area contributed by atoms with Crippen molar-refractivity contribution in [1.82, 2.24) is 20.6 Å². The lowest BCUT2D eigenvalue weighted by Gasteiger charge is -2.14. The highest BCUT2D eigenvalue weighted by atomic mass is 16.5. The maximum Gasteiger partial charge on any atom is 0.342 e. The minimum Gasteiger partial charge on any atom is -0.494 e. The number of ether oxygens (including phenoxy) is 4. The first kappa shape index (κ1) is 45.7. The third kappa shape index (κ3) is 11.1. The van der Waals surface area contributed by atoms with Gasteiger partial charge in [0.15, 0.2) is 11.5 Å². The summed E-state index contributed by atoms with van der Waals surface area (Å²) in [6.07, 6.45) is 3.05. The van der Waals surface area contributed by atoms with E-state index in [1.165, 1.54) is 40.8 Å². The lowest BCUT2D eigenvalue weighted by molar-refractivity contribution is 0.0586. The molecule has 4 aromatic carbocycles. The van der Waals surface area contributed by atoms with Crippen LogP contribution in [0.25, 0.3) is 22.3 Å². The van der Waals surface area contributed by atoms with Crippen LogP contribution in [0.2, 0.25) is 0 Å². The third-order valence-corrected chi connectivity index (χ3v) is 9.82. The standard InChI is InChI=1S/C24H24N4O4.C24H21N3O4/c1-14-21(31-2)20(24(30)32-3)19(12-27-14)13-28-23(29)18-10-6-16(7-11-18)15-4-8-17(9-5-15)22(25)26;1-15-22(30-2)21(24(29)31-3)20(13-26-15)14-27-23(28)19-10-8-18(9-11-19)17-6-4-16(12-25)5-7-17/h4-12H,13H2,1-3H3,(H3,25,26)(H,28,29);4-11,13H,14H2,1-3H3,(H,27,28). The number of nitrogens with two attached hydrogens (primary N) is 1. The zero-order valence-corrected chi connectivity index (χ0v) is 35.5. The highest BCUT2D eigenvalue weighted by Gasteiger charge is 2.23. The maximum atomic E-state index is 12.6. The normalized spacial score (nSPS) is 10.2. The van der Waals surface area contributed by atoms with Gasteiger partial charge in [-0.25, -0.2) is 9.59 Å². The van der Waals surface area contributed by atoms with Crippen LogP contribution in [0.5, 0.6) is 11.5 Å². The summed E-state index contributed by atoms with van der Waals surface area (Å²) in [6.45, 7) is 3.62. The Labute approximate surface area is 364 Å². The van der Waals surface area contributed by atoms with Gasteiger partial charge in [-0.2, -0.15) is 5.26 Å². The summed E-state index contributed by atoms with van der Waals surface area (Å²) in [5.74, 6) is -1.04. The van der Waals surface area contributed by atoms with Crippen LogP contribution >= 0.6 is 0 Å². The van der Waals surface area contributed by atoms with E-state index < -0.39 is 11.9 Å². The van der Waals surface area contributed by atoms with Crippen LogP contribution in [0.1, 0.15) is 75.1 Å². The Morgan fingerprint density at radius 3 is 1.22 bits per heavy atom. The average Bonchev–Trinajstić information content (AvgIpc) is 3.32. The van der Waals surface area contributed by atoms with Crippen molar-refractivity contribution in [3.8, 4) is 39.8 Å². The fourth-order valence-electron chi connectivity index (χ4n) is 6.43. The van der Waals surface area contributed by atoms with Gasteiger partial charge in [0, 0.05) is 53.3 Å². The molecule has 2 aromatic heterocycles. The van der Waals surface area contributed by atoms with E-state index in [4.69, 9.17) is 35.4 Å². The first-order valence-electron chi connectivity index (χ1n) is 19.3. The lowest BCUT2D eigenvalue weighted by Crippen LogP contribution is -2.24. The number of benzene rings is 4. The Kier molecular flexibility index (Phi) is 15.4. The van der Waals surface area contributed by atoms with Gasteiger partial charge in [-0.3, -0.25) is 25.0 Å². The number of nitrogen functional groups attached to an aromatic ring is 1. The number of aromatic nitrogens is 2. The number of hydrogen-bond donors (Lipinski definition) is 4. The average molecular weight is 848 g/mol. The number of amides is 2. The van der Waals surface area contributed by atoms with Gasteiger partial charge in [0.25, 0.3) is 11.8 Å². The van der Waals surface area contributed by atoms with Crippen molar-refractivity contribution in [3.63, 3.8) is 0 Å². The van der Waals surface area contributed by atoms with E-state index >= 15 is 0 Å². The highest BCUT2D eigenvalue weighted by molar-refractivity contribution is 5.98. The van der Waals surface area contributed by atoms with Crippen LogP contribution in [0.3, 0.4) is 0 Å². The van der Waals surface area contributed by atoms with Crippen molar-refractivity contribution >= 4 is 29.6 Å². The molecule has 6 aromatic rings. The second-order valence-corrected chi connectivity index (χ2v) is 13.7. The largest absolute Gasteiger partial charge is 0.494 e. The molecule has 0 atom stereocenters. The maximum absolute atomic E-state index is 12.6. The minimum absolute atomic E-state index is 0.0142. The number of nitrogens with zero attached hydrogens (tertiary/aromatic N) is 3. The first-order valence-corrected chi connectivity index (χ1v) is 19.3. The molecule has 2 amide bonds. The van der Waals surface area contributed by atoms with Crippen LogP contribution in [0.15, 0.2) is 109 Å². The number of carbonyl (C=O) groups is 4. The van der Waals surface area contributed by atoms with E-state index in [1.54, 1.807) is 62.4 Å². The molecule has 0 spiro atoms. The predicted molar refractivity (Wildman–Crippen MR) is 236 cm³/mol. The van der Waals surface area contributed by atoms with Crippen LogP contribution < -0.4 is 25.8 Å². The summed E-state index contributed by atoms with van der Waals surface area (Å²) in [6, 6.07) is 30.9. The molecule has 63 heavy (non-hydrogen) atoms. The summed E-state index contributed by atoms with van der Waals surface area (Å²) in [7, 11) is 5.48. The molecule has 0 saturated heterocycles. The number of aryl methyl sites for hydroxylation is 2.